The first-order valence-corrected chi connectivity index (χ1v) is 7.17. The van der Waals surface area contributed by atoms with Crippen molar-refractivity contribution >= 4 is 31.6 Å². The van der Waals surface area contributed by atoms with E-state index in [4.69, 9.17) is 2.74 Å². The van der Waals surface area contributed by atoms with Gasteiger partial charge in [0.2, 0.25) is 0 Å². The highest BCUT2D eigenvalue weighted by atomic mass is 32.1. The molecule has 2 nitrogen and oxygen atoms in total. The van der Waals surface area contributed by atoms with Gasteiger partial charge in [0.05, 0.1) is 8.44 Å². The van der Waals surface area contributed by atoms with Crippen molar-refractivity contribution < 1.29 is 2.74 Å². The fraction of sp³-hybridized carbons (Fsp3) is 0.0588. The summed E-state index contributed by atoms with van der Waals surface area (Å²) < 4.78 is 16.9. The minimum Gasteiger partial charge on any atom is -0.256 e. The van der Waals surface area contributed by atoms with Crippen molar-refractivity contribution in [1.29, 1.82) is 0 Å². The first-order valence-electron chi connectivity index (χ1n) is 7.35. The monoisotopic (exact) mass is 278 g/mol. The van der Waals surface area contributed by atoms with Crippen molar-refractivity contribution in [2.75, 3.05) is 0 Å². The Morgan fingerprint density at radius 3 is 3.05 bits per heavy atom. The van der Waals surface area contributed by atoms with Gasteiger partial charge in [0.1, 0.15) is 4.83 Å². The van der Waals surface area contributed by atoms with Gasteiger partial charge in [0.25, 0.3) is 0 Å². The third kappa shape index (κ3) is 1.71. The molecule has 3 aromatic heterocycles. The van der Waals surface area contributed by atoms with Gasteiger partial charge in [-0.3, -0.25) is 4.98 Å². The van der Waals surface area contributed by atoms with Crippen molar-refractivity contribution in [1.82, 2.24) is 9.97 Å². The number of thiophene rings is 1. The van der Waals surface area contributed by atoms with Gasteiger partial charge < -0.3 is 0 Å². The van der Waals surface area contributed by atoms with E-state index >= 15 is 0 Å². The minimum absolute atomic E-state index is 0.164. The van der Waals surface area contributed by atoms with Crippen LogP contribution in [0.2, 0.25) is 0 Å². The zero-order valence-corrected chi connectivity index (χ0v) is 11.7. The summed E-state index contributed by atoms with van der Waals surface area (Å²) in [6.45, 7) is 2.09. The Labute approximate surface area is 123 Å². The topological polar surface area (TPSA) is 25.8 Å². The van der Waals surface area contributed by atoms with Crippen molar-refractivity contribution in [3.8, 4) is 11.3 Å². The Hall–Kier alpha value is -2.26. The molecule has 0 radical (unpaired) electrons. The fourth-order valence-electron chi connectivity index (χ4n) is 2.44. The van der Waals surface area contributed by atoms with E-state index in [9.17, 15) is 0 Å². The van der Waals surface area contributed by atoms with Gasteiger partial charge in [0, 0.05) is 33.4 Å². The van der Waals surface area contributed by atoms with Crippen molar-refractivity contribution in [2.24, 2.45) is 0 Å². The molecule has 0 bridgehead atoms. The van der Waals surface area contributed by atoms with Gasteiger partial charge in [0.15, 0.2) is 0 Å². The summed E-state index contributed by atoms with van der Waals surface area (Å²) in [5.74, 6) is 0. The molecule has 3 heterocycles. The van der Waals surface area contributed by atoms with E-state index < -0.39 is 0 Å². The molecule has 0 N–H and O–H groups in total. The summed E-state index contributed by atoms with van der Waals surface area (Å²) in [7, 11) is 0. The van der Waals surface area contributed by atoms with Gasteiger partial charge in [-0.2, -0.15) is 0 Å². The lowest BCUT2D eigenvalue weighted by Gasteiger charge is -2.01. The maximum atomic E-state index is 8.02. The number of aromatic nitrogens is 2. The number of nitrogens with zero attached hydrogens (tertiary/aromatic N) is 2. The van der Waals surface area contributed by atoms with E-state index in [1.165, 1.54) is 22.4 Å². The van der Waals surface area contributed by atoms with E-state index in [0.29, 0.717) is 5.69 Å². The smallest absolute Gasteiger partial charge is 0.124 e. The second-order valence-corrected chi connectivity index (χ2v) is 5.71. The second kappa shape index (κ2) is 4.39. The normalized spacial score (nSPS) is 12.7. The number of benzene rings is 1. The lowest BCUT2D eigenvalue weighted by molar-refractivity contribution is 1.33. The maximum absolute atomic E-state index is 8.02. The zero-order chi connectivity index (χ0) is 15.3. The number of hydrogen-bond acceptors (Lipinski definition) is 3. The van der Waals surface area contributed by atoms with Crippen LogP contribution in [-0.2, 0) is 0 Å². The average molecular weight is 278 g/mol. The molecule has 4 rings (SSSR count). The Kier molecular flexibility index (Phi) is 2.11. The van der Waals surface area contributed by atoms with Crippen LogP contribution in [0.4, 0.5) is 0 Å². The Bertz CT molecular complexity index is 1020. The van der Waals surface area contributed by atoms with E-state index in [1.807, 2.05) is 24.4 Å². The first-order chi connectivity index (χ1) is 10.6. The molecule has 0 atom stereocenters. The Balaban J connectivity index is 2.00. The molecule has 4 aromatic rings. The molecular weight excluding hydrogens is 264 g/mol. The quantitative estimate of drug-likeness (QED) is 0.499. The molecule has 20 heavy (non-hydrogen) atoms. The van der Waals surface area contributed by atoms with Gasteiger partial charge in [-0.25, -0.2) is 4.98 Å². The average Bonchev–Trinajstić information content (AvgIpc) is 2.88. The molecule has 0 spiro atoms. The summed E-state index contributed by atoms with van der Waals surface area (Å²) >= 11 is 1.65. The maximum Gasteiger partial charge on any atom is 0.124 e. The summed E-state index contributed by atoms with van der Waals surface area (Å²) in [5, 5.41) is 2.38. The van der Waals surface area contributed by atoms with Crippen molar-refractivity contribution in [3.63, 3.8) is 0 Å². The zero-order valence-electron chi connectivity index (χ0n) is 12.8. The molecule has 1 aromatic carbocycles. The summed E-state index contributed by atoms with van der Waals surface area (Å²) in [5.41, 5.74) is 2.64. The molecule has 0 amide bonds. The molecule has 0 saturated carbocycles. The van der Waals surface area contributed by atoms with Crippen molar-refractivity contribution in [2.45, 2.75) is 6.92 Å². The number of aryl methyl sites for hydroxylation is 1. The van der Waals surface area contributed by atoms with Crippen LogP contribution in [0.25, 0.3) is 31.6 Å². The van der Waals surface area contributed by atoms with E-state index in [-0.39, 0.29) is 12.1 Å². The van der Waals surface area contributed by atoms with Crippen LogP contribution in [0.3, 0.4) is 0 Å². The highest BCUT2D eigenvalue weighted by Crippen LogP contribution is 2.36. The molecule has 0 aliphatic carbocycles. The highest BCUT2D eigenvalue weighted by Gasteiger charge is 2.09. The summed E-state index contributed by atoms with van der Waals surface area (Å²) in [6, 6.07) is 10.0. The summed E-state index contributed by atoms with van der Waals surface area (Å²) in [4.78, 5) is 9.75. The Morgan fingerprint density at radius 1 is 1.15 bits per heavy atom. The third-order valence-corrected chi connectivity index (χ3v) is 4.47. The number of rotatable bonds is 1. The number of hydrogen-bond donors (Lipinski definition) is 0. The van der Waals surface area contributed by atoms with Crippen LogP contribution in [0.15, 0.2) is 54.8 Å². The minimum atomic E-state index is 0.164. The highest BCUT2D eigenvalue weighted by molar-refractivity contribution is 7.25. The summed E-state index contributed by atoms with van der Waals surface area (Å²) in [6.07, 6.45) is 3.41. The third-order valence-electron chi connectivity index (χ3n) is 3.41. The lowest BCUT2D eigenvalue weighted by Crippen LogP contribution is -1.81. The van der Waals surface area contributed by atoms with Crippen LogP contribution in [0.5, 0.6) is 0 Å². The second-order valence-electron chi connectivity index (χ2n) is 4.68. The molecular formula is C17H12N2S. The lowest BCUT2D eigenvalue weighted by atomic mass is 10.1. The van der Waals surface area contributed by atoms with Crippen LogP contribution >= 0.6 is 11.3 Å². The Morgan fingerprint density at radius 2 is 2.10 bits per heavy atom. The van der Waals surface area contributed by atoms with Crippen molar-refractivity contribution in [3.05, 3.63) is 60.4 Å². The SMILES string of the molecule is [2H]c1ccnc(-c2ccc3c(c2)sc2nccc(C)c23)c1[2H]. The van der Waals surface area contributed by atoms with Crippen LogP contribution in [0.1, 0.15) is 8.30 Å². The molecule has 3 heteroatoms. The number of pyridine rings is 2. The van der Waals surface area contributed by atoms with Gasteiger partial charge in [-0.05, 0) is 36.7 Å². The molecule has 0 aliphatic rings. The standard InChI is InChI=1S/C17H12N2S/c1-11-7-9-19-17-16(11)13-6-5-12(10-15(13)20-17)14-4-2-3-8-18-14/h2-10H,1H3/i2D,4D. The predicted octanol–water partition coefficient (Wildman–Crippen LogP) is 4.82. The van der Waals surface area contributed by atoms with Crippen LogP contribution < -0.4 is 0 Å². The molecule has 96 valence electrons. The van der Waals surface area contributed by atoms with E-state index in [1.54, 1.807) is 17.5 Å². The molecule has 0 aliphatic heterocycles. The van der Waals surface area contributed by atoms with Crippen LogP contribution in [0, 0.1) is 6.92 Å². The molecule has 0 saturated heterocycles. The molecule has 0 unspecified atom stereocenters. The predicted molar refractivity (Wildman–Crippen MR) is 85.1 cm³/mol. The van der Waals surface area contributed by atoms with Gasteiger partial charge in [-0.15, -0.1) is 11.3 Å². The number of fused-ring (bicyclic) bond motifs is 3. The van der Waals surface area contributed by atoms with E-state index in [0.717, 1.165) is 15.1 Å². The van der Waals surface area contributed by atoms with Gasteiger partial charge in [-0.1, -0.05) is 18.2 Å². The fourth-order valence-corrected chi connectivity index (χ4v) is 3.60. The van der Waals surface area contributed by atoms with Gasteiger partial charge >= 0.3 is 0 Å². The van der Waals surface area contributed by atoms with Crippen LogP contribution in [-0.4, -0.2) is 9.97 Å². The largest absolute Gasteiger partial charge is 0.256 e. The molecule has 0 fully saturated rings. The first kappa shape index (κ1) is 9.61. The van der Waals surface area contributed by atoms with E-state index in [2.05, 4.69) is 23.0 Å².